The van der Waals surface area contributed by atoms with Gasteiger partial charge >= 0.3 is 0 Å². The Morgan fingerprint density at radius 3 is 2.71 bits per heavy atom. The zero-order valence-corrected chi connectivity index (χ0v) is 12.5. The summed E-state index contributed by atoms with van der Waals surface area (Å²) in [6.45, 7) is 1.92. The molecule has 0 aliphatic carbocycles. The number of rotatable bonds is 3. The Labute approximate surface area is 128 Å². The van der Waals surface area contributed by atoms with Gasteiger partial charge in [-0.1, -0.05) is 17.7 Å². The van der Waals surface area contributed by atoms with Crippen LogP contribution in [0.5, 0.6) is 0 Å². The molecule has 0 radical (unpaired) electrons. The van der Waals surface area contributed by atoms with Crippen molar-refractivity contribution in [1.29, 1.82) is 0 Å². The first kappa shape index (κ1) is 14.1. The van der Waals surface area contributed by atoms with Crippen molar-refractivity contribution >= 4 is 34.7 Å². The van der Waals surface area contributed by atoms with Gasteiger partial charge in [0.05, 0.1) is 5.52 Å². The molecule has 1 aliphatic heterocycles. The number of aromatic nitrogens is 1. The number of piperidine rings is 1. The summed E-state index contributed by atoms with van der Waals surface area (Å²) in [7, 11) is 0. The summed E-state index contributed by atoms with van der Waals surface area (Å²) in [5.41, 5.74) is 1.42. The number of likely N-dealkylation sites (tertiary alicyclic amines) is 1. The van der Waals surface area contributed by atoms with Crippen LogP contribution in [0.15, 0.2) is 24.4 Å². The van der Waals surface area contributed by atoms with Crippen molar-refractivity contribution in [1.82, 2.24) is 9.47 Å². The summed E-state index contributed by atoms with van der Waals surface area (Å²) in [6, 6.07) is 5.38. The van der Waals surface area contributed by atoms with E-state index in [4.69, 9.17) is 11.6 Å². The standard InChI is InChI=1S/C16H17ClN2O2/c17-13-4-5-14-12(11-20)9-19(15(14)8-13)10-16(21)18-6-2-1-3-7-18/h4-5,8-9,11H,1-3,6-7,10H2. The fourth-order valence-electron chi connectivity index (χ4n) is 2.91. The maximum atomic E-state index is 12.4. The van der Waals surface area contributed by atoms with Crippen molar-refractivity contribution in [2.45, 2.75) is 25.8 Å². The zero-order chi connectivity index (χ0) is 14.8. The molecule has 1 aromatic heterocycles. The van der Waals surface area contributed by atoms with Crippen LogP contribution in [0.2, 0.25) is 5.02 Å². The highest BCUT2D eigenvalue weighted by Crippen LogP contribution is 2.24. The van der Waals surface area contributed by atoms with E-state index in [-0.39, 0.29) is 12.5 Å². The minimum atomic E-state index is 0.101. The molecule has 0 atom stereocenters. The lowest BCUT2D eigenvalue weighted by Gasteiger charge is -2.27. The highest BCUT2D eigenvalue weighted by molar-refractivity contribution is 6.31. The van der Waals surface area contributed by atoms with Gasteiger partial charge in [0, 0.05) is 35.3 Å². The first-order valence-electron chi connectivity index (χ1n) is 7.20. The van der Waals surface area contributed by atoms with E-state index in [9.17, 15) is 9.59 Å². The van der Waals surface area contributed by atoms with Crippen LogP contribution in [0.4, 0.5) is 0 Å². The second kappa shape index (κ2) is 5.90. The van der Waals surface area contributed by atoms with Crippen LogP contribution in [0.25, 0.3) is 10.9 Å². The first-order chi connectivity index (χ1) is 10.2. The first-order valence-corrected chi connectivity index (χ1v) is 7.58. The van der Waals surface area contributed by atoms with Gasteiger partial charge < -0.3 is 9.47 Å². The molecule has 110 valence electrons. The van der Waals surface area contributed by atoms with Crippen molar-refractivity contribution < 1.29 is 9.59 Å². The van der Waals surface area contributed by atoms with Crippen molar-refractivity contribution in [3.63, 3.8) is 0 Å². The normalized spacial score (nSPS) is 15.4. The van der Waals surface area contributed by atoms with Crippen molar-refractivity contribution in [3.05, 3.63) is 35.0 Å². The largest absolute Gasteiger partial charge is 0.341 e. The SMILES string of the molecule is O=Cc1cn(CC(=O)N2CCCCC2)c2cc(Cl)ccc12. The molecule has 1 aromatic carbocycles. The van der Waals surface area contributed by atoms with E-state index < -0.39 is 0 Å². The lowest BCUT2D eigenvalue weighted by Crippen LogP contribution is -2.37. The minimum absolute atomic E-state index is 0.101. The third kappa shape index (κ3) is 2.81. The van der Waals surface area contributed by atoms with E-state index >= 15 is 0 Å². The molecule has 0 bridgehead atoms. The quantitative estimate of drug-likeness (QED) is 0.818. The van der Waals surface area contributed by atoms with Crippen LogP contribution in [0.1, 0.15) is 29.6 Å². The van der Waals surface area contributed by atoms with Crippen LogP contribution in [-0.2, 0) is 11.3 Å². The summed E-state index contributed by atoms with van der Waals surface area (Å²) in [5, 5.41) is 1.44. The summed E-state index contributed by atoms with van der Waals surface area (Å²) in [5.74, 6) is 0.101. The average Bonchev–Trinajstić information content (AvgIpc) is 2.85. The Morgan fingerprint density at radius 2 is 2.00 bits per heavy atom. The van der Waals surface area contributed by atoms with E-state index in [2.05, 4.69) is 0 Å². The van der Waals surface area contributed by atoms with E-state index in [1.807, 2.05) is 15.5 Å². The number of benzene rings is 1. The molecule has 0 spiro atoms. The van der Waals surface area contributed by atoms with Crippen molar-refractivity contribution in [2.24, 2.45) is 0 Å². The van der Waals surface area contributed by atoms with Crippen LogP contribution >= 0.6 is 11.6 Å². The van der Waals surface area contributed by atoms with E-state index in [1.54, 1.807) is 18.3 Å². The predicted molar refractivity (Wildman–Crippen MR) is 82.8 cm³/mol. The molecular weight excluding hydrogens is 288 g/mol. The van der Waals surface area contributed by atoms with Gasteiger partial charge in [-0.3, -0.25) is 9.59 Å². The van der Waals surface area contributed by atoms with E-state index in [0.29, 0.717) is 10.6 Å². The van der Waals surface area contributed by atoms with Gasteiger partial charge in [-0.2, -0.15) is 0 Å². The lowest BCUT2D eigenvalue weighted by atomic mass is 10.1. The number of nitrogens with zero attached hydrogens (tertiary/aromatic N) is 2. The minimum Gasteiger partial charge on any atom is -0.341 e. The third-order valence-corrected chi connectivity index (χ3v) is 4.25. The van der Waals surface area contributed by atoms with Gasteiger partial charge in [-0.05, 0) is 31.4 Å². The Hall–Kier alpha value is -1.81. The molecule has 3 rings (SSSR count). The Bertz CT molecular complexity index is 687. The number of halogens is 1. The number of carbonyl (C=O) groups excluding carboxylic acids is 2. The number of hydrogen-bond acceptors (Lipinski definition) is 2. The maximum Gasteiger partial charge on any atom is 0.242 e. The average molecular weight is 305 g/mol. The number of carbonyl (C=O) groups is 2. The highest BCUT2D eigenvalue weighted by atomic mass is 35.5. The van der Waals surface area contributed by atoms with E-state index in [0.717, 1.165) is 43.1 Å². The molecule has 0 unspecified atom stereocenters. The van der Waals surface area contributed by atoms with E-state index in [1.165, 1.54) is 6.42 Å². The second-order valence-corrected chi connectivity index (χ2v) is 5.87. The van der Waals surface area contributed by atoms with Crippen LogP contribution in [-0.4, -0.2) is 34.7 Å². The smallest absolute Gasteiger partial charge is 0.242 e. The molecule has 0 saturated carbocycles. The topological polar surface area (TPSA) is 42.3 Å². The molecule has 0 N–H and O–H groups in total. The Kier molecular flexibility index (Phi) is 3.97. The van der Waals surface area contributed by atoms with Crippen LogP contribution in [0, 0.1) is 0 Å². The molecule has 2 aromatic rings. The highest BCUT2D eigenvalue weighted by Gasteiger charge is 2.18. The summed E-state index contributed by atoms with van der Waals surface area (Å²) >= 11 is 6.03. The predicted octanol–water partition coefficient (Wildman–Crippen LogP) is 3.12. The van der Waals surface area contributed by atoms with Crippen molar-refractivity contribution in [3.8, 4) is 0 Å². The zero-order valence-electron chi connectivity index (χ0n) is 11.7. The number of amides is 1. The fourth-order valence-corrected chi connectivity index (χ4v) is 3.07. The molecule has 5 heteroatoms. The van der Waals surface area contributed by atoms with Crippen molar-refractivity contribution in [2.75, 3.05) is 13.1 Å². The van der Waals surface area contributed by atoms with Gasteiger partial charge in [-0.15, -0.1) is 0 Å². The Balaban J connectivity index is 1.90. The lowest BCUT2D eigenvalue weighted by molar-refractivity contribution is -0.132. The molecule has 1 amide bonds. The fraction of sp³-hybridized carbons (Fsp3) is 0.375. The molecule has 1 aliphatic rings. The summed E-state index contributed by atoms with van der Waals surface area (Å²) < 4.78 is 1.82. The Morgan fingerprint density at radius 1 is 1.24 bits per heavy atom. The molecule has 1 fully saturated rings. The third-order valence-electron chi connectivity index (χ3n) is 4.02. The number of fused-ring (bicyclic) bond motifs is 1. The van der Waals surface area contributed by atoms with Gasteiger partial charge in [0.25, 0.3) is 0 Å². The van der Waals surface area contributed by atoms with Gasteiger partial charge in [0.15, 0.2) is 6.29 Å². The molecule has 4 nitrogen and oxygen atoms in total. The number of aldehydes is 1. The monoisotopic (exact) mass is 304 g/mol. The summed E-state index contributed by atoms with van der Waals surface area (Å²) in [4.78, 5) is 25.4. The molecule has 21 heavy (non-hydrogen) atoms. The molecule has 1 saturated heterocycles. The van der Waals surface area contributed by atoms with Gasteiger partial charge in [0.1, 0.15) is 6.54 Å². The molecule has 2 heterocycles. The van der Waals surface area contributed by atoms with Gasteiger partial charge in [-0.25, -0.2) is 0 Å². The maximum absolute atomic E-state index is 12.4. The van der Waals surface area contributed by atoms with Crippen LogP contribution < -0.4 is 0 Å². The second-order valence-electron chi connectivity index (χ2n) is 5.43. The molecular formula is C16H17ClN2O2. The van der Waals surface area contributed by atoms with Crippen LogP contribution in [0.3, 0.4) is 0 Å². The summed E-state index contributed by atoms with van der Waals surface area (Å²) in [6.07, 6.45) is 5.89. The van der Waals surface area contributed by atoms with Gasteiger partial charge in [0.2, 0.25) is 5.91 Å². The number of hydrogen-bond donors (Lipinski definition) is 0.